The highest BCUT2D eigenvalue weighted by Crippen LogP contribution is 2.24. The van der Waals surface area contributed by atoms with Gasteiger partial charge in [0.25, 0.3) is 0 Å². The van der Waals surface area contributed by atoms with E-state index in [1.54, 1.807) is 0 Å². The Kier molecular flexibility index (Phi) is 7.59. The normalized spacial score (nSPS) is 15.3. The van der Waals surface area contributed by atoms with Gasteiger partial charge in [-0.05, 0) is 24.3 Å². The SMILES string of the molecule is CCC(C[C@H](N)C(O)C(N)=O)c1ccccc1.Cl. The van der Waals surface area contributed by atoms with Gasteiger partial charge in [0.15, 0.2) is 0 Å². The number of carbonyl (C=O) groups is 1. The van der Waals surface area contributed by atoms with Gasteiger partial charge in [-0.2, -0.15) is 0 Å². The van der Waals surface area contributed by atoms with Gasteiger partial charge in [-0.3, -0.25) is 4.79 Å². The summed E-state index contributed by atoms with van der Waals surface area (Å²) in [5, 5.41) is 9.49. The lowest BCUT2D eigenvalue weighted by atomic mass is 9.88. The van der Waals surface area contributed by atoms with Crippen LogP contribution in [0.1, 0.15) is 31.2 Å². The van der Waals surface area contributed by atoms with Gasteiger partial charge >= 0.3 is 0 Å². The molecule has 0 aromatic heterocycles. The molecule has 0 aliphatic heterocycles. The summed E-state index contributed by atoms with van der Waals surface area (Å²) in [5.41, 5.74) is 12.0. The Morgan fingerprint density at radius 2 is 1.89 bits per heavy atom. The molecular formula is C13H21ClN2O2. The second-order valence-electron chi connectivity index (χ2n) is 4.26. The van der Waals surface area contributed by atoms with Gasteiger partial charge < -0.3 is 16.6 Å². The molecule has 0 aliphatic rings. The molecule has 102 valence electrons. The van der Waals surface area contributed by atoms with E-state index in [2.05, 4.69) is 6.92 Å². The number of carbonyl (C=O) groups excluding carboxylic acids is 1. The summed E-state index contributed by atoms with van der Waals surface area (Å²) in [4.78, 5) is 10.8. The van der Waals surface area contributed by atoms with Gasteiger partial charge in [0.05, 0.1) is 0 Å². The average molecular weight is 273 g/mol. The monoisotopic (exact) mass is 272 g/mol. The Labute approximate surface area is 114 Å². The summed E-state index contributed by atoms with van der Waals surface area (Å²) < 4.78 is 0. The molecule has 0 heterocycles. The number of amides is 1. The number of aliphatic hydroxyl groups excluding tert-OH is 1. The number of benzene rings is 1. The minimum atomic E-state index is -1.27. The molecule has 0 spiro atoms. The van der Waals surface area contributed by atoms with E-state index >= 15 is 0 Å². The van der Waals surface area contributed by atoms with E-state index in [0.29, 0.717) is 6.42 Å². The van der Waals surface area contributed by atoms with Crippen LogP contribution in [0.2, 0.25) is 0 Å². The summed E-state index contributed by atoms with van der Waals surface area (Å²) >= 11 is 0. The molecule has 3 atom stereocenters. The van der Waals surface area contributed by atoms with E-state index in [1.165, 1.54) is 5.56 Å². The molecule has 0 saturated carbocycles. The predicted molar refractivity (Wildman–Crippen MR) is 74.5 cm³/mol. The van der Waals surface area contributed by atoms with Crippen LogP contribution in [0.4, 0.5) is 0 Å². The maximum atomic E-state index is 10.8. The standard InChI is InChI=1S/C13H20N2O2.ClH/c1-2-9(10-6-4-3-5-7-10)8-11(14)12(16)13(15)17;/h3-7,9,11-12,16H,2,8,14H2,1H3,(H2,15,17);1H/t9?,11-,12?;/m0./s1. The Bertz CT molecular complexity index is 359. The van der Waals surface area contributed by atoms with Crippen molar-refractivity contribution in [2.45, 2.75) is 37.8 Å². The van der Waals surface area contributed by atoms with Crippen LogP contribution in [0, 0.1) is 0 Å². The first-order valence-corrected chi connectivity index (χ1v) is 5.84. The molecule has 1 aromatic rings. The summed E-state index contributed by atoms with van der Waals surface area (Å²) in [5.74, 6) is -0.527. The van der Waals surface area contributed by atoms with Crippen molar-refractivity contribution in [1.82, 2.24) is 0 Å². The number of hydrogen-bond acceptors (Lipinski definition) is 3. The lowest BCUT2D eigenvalue weighted by Gasteiger charge is -2.22. The topological polar surface area (TPSA) is 89.3 Å². The molecule has 2 unspecified atom stereocenters. The molecule has 0 radical (unpaired) electrons. The highest BCUT2D eigenvalue weighted by atomic mass is 35.5. The van der Waals surface area contributed by atoms with Gasteiger partial charge in [-0.25, -0.2) is 0 Å². The molecule has 5 heteroatoms. The fourth-order valence-corrected chi connectivity index (χ4v) is 1.93. The highest BCUT2D eigenvalue weighted by Gasteiger charge is 2.23. The first-order valence-electron chi connectivity index (χ1n) is 5.84. The first-order chi connectivity index (χ1) is 8.06. The molecule has 1 amide bonds. The van der Waals surface area contributed by atoms with Crippen molar-refractivity contribution in [3.05, 3.63) is 35.9 Å². The largest absolute Gasteiger partial charge is 0.382 e. The fraction of sp³-hybridized carbons (Fsp3) is 0.462. The van der Waals surface area contributed by atoms with E-state index in [1.807, 2.05) is 30.3 Å². The zero-order valence-corrected chi connectivity index (χ0v) is 11.3. The van der Waals surface area contributed by atoms with Crippen molar-refractivity contribution in [3.8, 4) is 0 Å². The lowest BCUT2D eigenvalue weighted by molar-refractivity contribution is -0.127. The maximum absolute atomic E-state index is 10.8. The number of halogens is 1. The predicted octanol–water partition coefficient (Wildman–Crippen LogP) is 1.17. The molecular weight excluding hydrogens is 252 g/mol. The number of primary amides is 1. The highest BCUT2D eigenvalue weighted by molar-refractivity contribution is 5.85. The summed E-state index contributed by atoms with van der Waals surface area (Å²) in [6, 6.07) is 9.32. The second-order valence-corrected chi connectivity index (χ2v) is 4.26. The Hall–Kier alpha value is -1.10. The number of aliphatic hydroxyl groups is 1. The number of rotatable bonds is 6. The molecule has 4 nitrogen and oxygen atoms in total. The maximum Gasteiger partial charge on any atom is 0.247 e. The molecule has 0 bridgehead atoms. The minimum Gasteiger partial charge on any atom is -0.382 e. The molecule has 1 rings (SSSR count). The zero-order chi connectivity index (χ0) is 12.8. The summed E-state index contributed by atoms with van der Waals surface area (Å²) in [6.45, 7) is 2.06. The second kappa shape index (κ2) is 8.08. The van der Waals surface area contributed by atoms with E-state index in [9.17, 15) is 9.90 Å². The average Bonchev–Trinajstić information content (AvgIpc) is 2.35. The Morgan fingerprint density at radius 1 is 1.33 bits per heavy atom. The van der Waals surface area contributed by atoms with Crippen LogP contribution in [0.3, 0.4) is 0 Å². The van der Waals surface area contributed by atoms with Crippen molar-refractivity contribution >= 4 is 18.3 Å². The van der Waals surface area contributed by atoms with Crippen molar-refractivity contribution in [1.29, 1.82) is 0 Å². The first kappa shape index (κ1) is 16.9. The third-order valence-corrected chi connectivity index (χ3v) is 3.02. The van der Waals surface area contributed by atoms with Crippen LogP contribution >= 0.6 is 12.4 Å². The third kappa shape index (κ3) is 4.64. The molecule has 0 fully saturated rings. The smallest absolute Gasteiger partial charge is 0.247 e. The third-order valence-electron chi connectivity index (χ3n) is 3.02. The van der Waals surface area contributed by atoms with Crippen molar-refractivity contribution < 1.29 is 9.90 Å². The van der Waals surface area contributed by atoms with Crippen LogP contribution in [0.5, 0.6) is 0 Å². The van der Waals surface area contributed by atoms with Crippen molar-refractivity contribution in [2.24, 2.45) is 11.5 Å². The lowest BCUT2D eigenvalue weighted by Crippen LogP contribution is -2.44. The van der Waals surface area contributed by atoms with Gasteiger partial charge in [0.1, 0.15) is 6.10 Å². The molecule has 1 aromatic carbocycles. The minimum absolute atomic E-state index is 0. The van der Waals surface area contributed by atoms with Crippen LogP contribution in [0.25, 0.3) is 0 Å². The zero-order valence-electron chi connectivity index (χ0n) is 10.5. The molecule has 0 saturated heterocycles. The van der Waals surface area contributed by atoms with Gasteiger partial charge in [0, 0.05) is 6.04 Å². The number of nitrogens with two attached hydrogens (primary N) is 2. The van der Waals surface area contributed by atoms with Gasteiger partial charge in [-0.15, -0.1) is 12.4 Å². The van der Waals surface area contributed by atoms with Gasteiger partial charge in [0.2, 0.25) is 5.91 Å². The molecule has 5 N–H and O–H groups in total. The number of hydrogen-bond donors (Lipinski definition) is 3. The van der Waals surface area contributed by atoms with Crippen LogP contribution in [0.15, 0.2) is 30.3 Å². The summed E-state index contributed by atoms with van der Waals surface area (Å²) in [7, 11) is 0. The quantitative estimate of drug-likeness (QED) is 0.726. The van der Waals surface area contributed by atoms with E-state index < -0.39 is 18.1 Å². The Balaban J connectivity index is 0.00000289. The van der Waals surface area contributed by atoms with Crippen molar-refractivity contribution in [2.75, 3.05) is 0 Å². The summed E-state index contributed by atoms with van der Waals surface area (Å²) in [6.07, 6.45) is 0.182. The van der Waals surface area contributed by atoms with E-state index in [-0.39, 0.29) is 18.3 Å². The van der Waals surface area contributed by atoms with Crippen molar-refractivity contribution in [3.63, 3.8) is 0 Å². The van der Waals surface area contributed by atoms with E-state index in [4.69, 9.17) is 11.5 Å². The van der Waals surface area contributed by atoms with Gasteiger partial charge in [-0.1, -0.05) is 37.3 Å². The van der Waals surface area contributed by atoms with Crippen LogP contribution in [-0.2, 0) is 4.79 Å². The molecule has 0 aliphatic carbocycles. The fourth-order valence-electron chi connectivity index (χ4n) is 1.93. The van der Waals surface area contributed by atoms with Crippen LogP contribution in [-0.4, -0.2) is 23.2 Å². The molecule has 18 heavy (non-hydrogen) atoms. The Morgan fingerprint density at radius 3 is 2.33 bits per heavy atom. The van der Waals surface area contributed by atoms with E-state index in [0.717, 1.165) is 6.42 Å². The van der Waals surface area contributed by atoms with Crippen LogP contribution < -0.4 is 11.5 Å².